The summed E-state index contributed by atoms with van der Waals surface area (Å²) in [7, 11) is -3.30. The third-order valence-corrected chi connectivity index (χ3v) is 3.53. The molecule has 21 heavy (non-hydrogen) atoms. The lowest BCUT2D eigenvalue weighted by Crippen LogP contribution is -2.10. The molecule has 0 saturated carbocycles. The van der Waals surface area contributed by atoms with Crippen LogP contribution in [0.15, 0.2) is 48.5 Å². The Balaban J connectivity index is 2.12. The molecule has 0 heterocycles. The summed E-state index contributed by atoms with van der Waals surface area (Å²) in [5.74, 6) is -0.273. The fourth-order valence-electron chi connectivity index (χ4n) is 1.97. The highest BCUT2D eigenvalue weighted by molar-refractivity contribution is 7.92. The summed E-state index contributed by atoms with van der Waals surface area (Å²) in [6, 6.07) is 13.2. The number of anilines is 2. The van der Waals surface area contributed by atoms with E-state index < -0.39 is 10.0 Å². The monoisotopic (exact) mass is 308 g/mol. The Labute approximate surface area is 124 Å². The molecule has 0 spiro atoms. The van der Waals surface area contributed by atoms with Crippen molar-refractivity contribution >= 4 is 21.4 Å². The maximum absolute atomic E-state index is 12.9. The first-order valence-corrected chi connectivity index (χ1v) is 8.32. The molecule has 0 bridgehead atoms. The number of rotatable bonds is 5. The summed E-state index contributed by atoms with van der Waals surface area (Å²) in [5.41, 5.74) is 2.21. The van der Waals surface area contributed by atoms with Gasteiger partial charge in [0, 0.05) is 11.7 Å². The normalized spacial score (nSPS) is 12.7. The first-order chi connectivity index (χ1) is 9.83. The summed E-state index contributed by atoms with van der Waals surface area (Å²) >= 11 is 0. The van der Waals surface area contributed by atoms with Crippen LogP contribution in [0.3, 0.4) is 0 Å². The quantitative estimate of drug-likeness (QED) is 0.890. The van der Waals surface area contributed by atoms with E-state index in [-0.39, 0.29) is 11.9 Å². The second-order valence-electron chi connectivity index (χ2n) is 4.87. The minimum atomic E-state index is -3.30. The molecule has 2 rings (SSSR count). The molecule has 4 nitrogen and oxygen atoms in total. The summed E-state index contributed by atoms with van der Waals surface area (Å²) in [5, 5.41) is 3.25. The van der Waals surface area contributed by atoms with Crippen molar-refractivity contribution in [1.82, 2.24) is 0 Å². The lowest BCUT2D eigenvalue weighted by molar-refractivity contribution is 0.607. The van der Waals surface area contributed by atoms with E-state index in [1.54, 1.807) is 30.3 Å². The molecule has 2 aromatic rings. The highest BCUT2D eigenvalue weighted by Crippen LogP contribution is 2.22. The van der Waals surface area contributed by atoms with E-state index in [0.29, 0.717) is 5.69 Å². The average Bonchev–Trinajstić information content (AvgIpc) is 2.37. The molecule has 0 radical (unpaired) electrons. The molecule has 0 aliphatic heterocycles. The largest absolute Gasteiger partial charge is 0.378 e. The van der Waals surface area contributed by atoms with Crippen molar-refractivity contribution < 1.29 is 12.8 Å². The fourth-order valence-corrected chi connectivity index (χ4v) is 2.53. The van der Waals surface area contributed by atoms with Crippen LogP contribution in [-0.2, 0) is 10.0 Å². The standard InChI is InChI=1S/C15H17FN2O2S/c1-11(12-6-8-13(16)9-7-12)17-14-4-3-5-15(10-14)18-21(2,19)20/h3-11,17-18H,1-2H3. The molecule has 0 fully saturated rings. The highest BCUT2D eigenvalue weighted by atomic mass is 32.2. The van der Waals surface area contributed by atoms with Crippen molar-refractivity contribution in [2.45, 2.75) is 13.0 Å². The Morgan fingerprint density at radius 2 is 1.67 bits per heavy atom. The maximum atomic E-state index is 12.9. The van der Waals surface area contributed by atoms with Gasteiger partial charge in [-0.15, -0.1) is 0 Å². The molecule has 0 aliphatic rings. The van der Waals surface area contributed by atoms with Crippen molar-refractivity contribution in [2.24, 2.45) is 0 Å². The number of nitrogens with one attached hydrogen (secondary N) is 2. The van der Waals surface area contributed by atoms with Gasteiger partial charge in [-0.05, 0) is 42.8 Å². The van der Waals surface area contributed by atoms with E-state index in [0.717, 1.165) is 17.5 Å². The number of halogens is 1. The summed E-state index contributed by atoms with van der Waals surface area (Å²) in [6.07, 6.45) is 1.11. The van der Waals surface area contributed by atoms with Crippen molar-refractivity contribution in [3.8, 4) is 0 Å². The van der Waals surface area contributed by atoms with Crippen LogP contribution in [0.5, 0.6) is 0 Å². The molecule has 0 aliphatic carbocycles. The molecule has 0 aromatic heterocycles. The molecule has 2 aromatic carbocycles. The lowest BCUT2D eigenvalue weighted by Gasteiger charge is -2.16. The Kier molecular flexibility index (Phi) is 4.47. The number of sulfonamides is 1. The lowest BCUT2D eigenvalue weighted by atomic mass is 10.1. The molecule has 0 amide bonds. The Morgan fingerprint density at radius 1 is 1.05 bits per heavy atom. The smallest absolute Gasteiger partial charge is 0.229 e. The van der Waals surface area contributed by atoms with Crippen molar-refractivity contribution in [1.29, 1.82) is 0 Å². The van der Waals surface area contributed by atoms with Crippen LogP contribution >= 0.6 is 0 Å². The number of benzene rings is 2. The summed E-state index contributed by atoms with van der Waals surface area (Å²) in [6.45, 7) is 1.95. The molecule has 0 saturated heterocycles. The Bertz CT molecular complexity index is 715. The fraction of sp³-hybridized carbons (Fsp3) is 0.200. The topological polar surface area (TPSA) is 58.2 Å². The van der Waals surface area contributed by atoms with Crippen LogP contribution in [-0.4, -0.2) is 14.7 Å². The molecule has 1 unspecified atom stereocenters. The Hall–Kier alpha value is -2.08. The number of hydrogen-bond acceptors (Lipinski definition) is 3. The first kappa shape index (κ1) is 15.3. The number of hydrogen-bond donors (Lipinski definition) is 2. The second kappa shape index (κ2) is 6.13. The molecular weight excluding hydrogens is 291 g/mol. The van der Waals surface area contributed by atoms with Gasteiger partial charge in [0.15, 0.2) is 0 Å². The molecular formula is C15H17FN2O2S. The maximum Gasteiger partial charge on any atom is 0.229 e. The zero-order chi connectivity index (χ0) is 15.5. The van der Waals surface area contributed by atoms with Gasteiger partial charge in [-0.25, -0.2) is 12.8 Å². The van der Waals surface area contributed by atoms with Crippen LogP contribution in [0.1, 0.15) is 18.5 Å². The van der Waals surface area contributed by atoms with Crippen molar-refractivity contribution in [3.63, 3.8) is 0 Å². The zero-order valence-electron chi connectivity index (χ0n) is 11.8. The van der Waals surface area contributed by atoms with Gasteiger partial charge < -0.3 is 5.32 Å². The predicted octanol–water partition coefficient (Wildman–Crippen LogP) is 3.37. The van der Waals surface area contributed by atoms with Crippen molar-refractivity contribution in [2.75, 3.05) is 16.3 Å². The van der Waals surface area contributed by atoms with Crippen LogP contribution < -0.4 is 10.0 Å². The van der Waals surface area contributed by atoms with Gasteiger partial charge >= 0.3 is 0 Å². The predicted molar refractivity (Wildman–Crippen MR) is 83.3 cm³/mol. The SMILES string of the molecule is CC(Nc1cccc(NS(C)(=O)=O)c1)c1ccc(F)cc1. The average molecular weight is 308 g/mol. The van der Waals surface area contributed by atoms with E-state index in [1.165, 1.54) is 12.1 Å². The third kappa shape index (κ3) is 4.75. The first-order valence-electron chi connectivity index (χ1n) is 6.43. The van der Waals surface area contributed by atoms with Crippen LogP contribution in [0.25, 0.3) is 0 Å². The van der Waals surface area contributed by atoms with E-state index >= 15 is 0 Å². The van der Waals surface area contributed by atoms with Gasteiger partial charge in [0.05, 0.1) is 11.9 Å². The van der Waals surface area contributed by atoms with Gasteiger partial charge in [0.25, 0.3) is 0 Å². The van der Waals surface area contributed by atoms with Gasteiger partial charge in [-0.2, -0.15) is 0 Å². The molecule has 1 atom stereocenters. The van der Waals surface area contributed by atoms with Crippen LogP contribution in [0.4, 0.5) is 15.8 Å². The van der Waals surface area contributed by atoms with Gasteiger partial charge in [0.2, 0.25) is 10.0 Å². The second-order valence-corrected chi connectivity index (χ2v) is 6.62. The van der Waals surface area contributed by atoms with Crippen molar-refractivity contribution in [3.05, 3.63) is 59.9 Å². The Morgan fingerprint density at radius 3 is 2.29 bits per heavy atom. The minimum Gasteiger partial charge on any atom is -0.378 e. The van der Waals surface area contributed by atoms with E-state index in [2.05, 4.69) is 10.0 Å². The van der Waals surface area contributed by atoms with Gasteiger partial charge in [-0.3, -0.25) is 4.72 Å². The summed E-state index contributed by atoms with van der Waals surface area (Å²) in [4.78, 5) is 0. The van der Waals surface area contributed by atoms with E-state index in [9.17, 15) is 12.8 Å². The van der Waals surface area contributed by atoms with E-state index in [4.69, 9.17) is 0 Å². The van der Waals surface area contributed by atoms with Gasteiger partial charge in [-0.1, -0.05) is 18.2 Å². The minimum absolute atomic E-state index is 0.0286. The zero-order valence-corrected chi connectivity index (χ0v) is 12.6. The van der Waals surface area contributed by atoms with E-state index in [1.807, 2.05) is 13.0 Å². The molecule has 2 N–H and O–H groups in total. The van der Waals surface area contributed by atoms with Gasteiger partial charge in [0.1, 0.15) is 5.82 Å². The van der Waals surface area contributed by atoms with Crippen LogP contribution in [0.2, 0.25) is 0 Å². The van der Waals surface area contributed by atoms with Crippen LogP contribution in [0, 0.1) is 5.82 Å². The molecule has 6 heteroatoms. The molecule has 112 valence electrons. The third-order valence-electron chi connectivity index (χ3n) is 2.92. The summed E-state index contributed by atoms with van der Waals surface area (Å²) < 4.78 is 37.8. The highest BCUT2D eigenvalue weighted by Gasteiger charge is 2.07.